The highest BCUT2D eigenvalue weighted by Crippen LogP contribution is 2.14. The van der Waals surface area contributed by atoms with E-state index in [1.165, 1.54) is 0 Å². The van der Waals surface area contributed by atoms with Gasteiger partial charge >= 0.3 is 6.09 Å². The Hall–Kier alpha value is -2.05. The maximum Gasteiger partial charge on any atom is 0.408 e. The van der Waals surface area contributed by atoms with Crippen molar-refractivity contribution in [3.8, 4) is 0 Å². The summed E-state index contributed by atoms with van der Waals surface area (Å²) in [6.07, 6.45) is 3.31. The van der Waals surface area contributed by atoms with Crippen molar-refractivity contribution in [1.29, 1.82) is 0 Å². The van der Waals surface area contributed by atoms with Gasteiger partial charge in [0.05, 0.1) is 24.3 Å². The van der Waals surface area contributed by atoms with E-state index >= 15 is 0 Å². The third-order valence-electron chi connectivity index (χ3n) is 3.60. The Kier molecular flexibility index (Phi) is 7.25. The van der Waals surface area contributed by atoms with Gasteiger partial charge in [0, 0.05) is 26.1 Å². The highest BCUT2D eigenvalue weighted by Gasteiger charge is 2.20. The van der Waals surface area contributed by atoms with Crippen molar-refractivity contribution < 1.29 is 14.3 Å². The van der Waals surface area contributed by atoms with E-state index in [4.69, 9.17) is 4.74 Å². The van der Waals surface area contributed by atoms with Gasteiger partial charge in [-0.2, -0.15) is 0 Å². The summed E-state index contributed by atoms with van der Waals surface area (Å²) in [4.78, 5) is 29.9. The largest absolute Gasteiger partial charge is 0.444 e. The predicted octanol–water partition coefficient (Wildman–Crippen LogP) is 2.73. The maximum absolute atomic E-state index is 12.1. The molecule has 0 aromatic carbocycles. The summed E-state index contributed by atoms with van der Waals surface area (Å²) in [5, 5.41) is 2.79. The fourth-order valence-corrected chi connectivity index (χ4v) is 2.39. The van der Waals surface area contributed by atoms with Gasteiger partial charge in [-0.25, -0.2) is 9.78 Å². The summed E-state index contributed by atoms with van der Waals surface area (Å²) in [5.74, 6) is 0.118. The van der Waals surface area contributed by atoms with Crippen molar-refractivity contribution in [3.63, 3.8) is 0 Å². The lowest BCUT2D eigenvalue weighted by molar-refractivity contribution is -0.131. The standard InChI is InChI=1S/C17H30N4O3/c1-7-20(8-2)15(22)9-10-21-12-18-11-14(21)13(3)19-16(23)24-17(4,5)6/h11-13H,7-10H2,1-6H3,(H,19,23)/t13-/m0/s1. The maximum atomic E-state index is 12.1. The van der Waals surface area contributed by atoms with Crippen LogP contribution >= 0.6 is 0 Å². The number of amides is 2. The third kappa shape index (κ3) is 6.22. The Morgan fingerprint density at radius 2 is 1.96 bits per heavy atom. The van der Waals surface area contributed by atoms with Gasteiger partial charge in [0.25, 0.3) is 0 Å². The minimum Gasteiger partial charge on any atom is -0.444 e. The smallest absolute Gasteiger partial charge is 0.408 e. The summed E-state index contributed by atoms with van der Waals surface area (Å²) < 4.78 is 7.16. The second kappa shape index (κ2) is 8.70. The van der Waals surface area contributed by atoms with Crippen LogP contribution in [0.15, 0.2) is 12.5 Å². The van der Waals surface area contributed by atoms with Crippen LogP contribution < -0.4 is 5.32 Å². The number of carbonyl (C=O) groups is 2. The van der Waals surface area contributed by atoms with Gasteiger partial charge in [-0.05, 0) is 41.5 Å². The van der Waals surface area contributed by atoms with E-state index in [1.54, 1.807) is 17.4 Å². The van der Waals surface area contributed by atoms with Gasteiger partial charge in [-0.1, -0.05) is 0 Å². The molecule has 7 heteroatoms. The number of carbonyl (C=O) groups excluding carboxylic acids is 2. The van der Waals surface area contributed by atoms with E-state index in [2.05, 4.69) is 10.3 Å². The Balaban J connectivity index is 2.64. The normalized spacial score (nSPS) is 12.6. The van der Waals surface area contributed by atoms with Gasteiger partial charge < -0.3 is 19.5 Å². The van der Waals surface area contributed by atoms with Crippen LogP contribution in [0.2, 0.25) is 0 Å². The quantitative estimate of drug-likeness (QED) is 0.829. The number of hydrogen-bond acceptors (Lipinski definition) is 4. The molecule has 7 nitrogen and oxygen atoms in total. The van der Waals surface area contributed by atoms with Crippen LogP contribution in [-0.2, 0) is 16.1 Å². The van der Waals surface area contributed by atoms with Crippen LogP contribution in [0.25, 0.3) is 0 Å². The molecule has 0 bridgehead atoms. The first kappa shape index (κ1) is 20.0. The molecule has 1 rings (SSSR count). The molecular weight excluding hydrogens is 308 g/mol. The van der Waals surface area contributed by atoms with Gasteiger partial charge in [0.2, 0.25) is 5.91 Å². The van der Waals surface area contributed by atoms with Gasteiger partial charge in [0.15, 0.2) is 0 Å². The molecule has 1 aromatic rings. The molecule has 0 radical (unpaired) electrons. The minimum absolute atomic E-state index is 0.118. The molecule has 1 aromatic heterocycles. The number of hydrogen-bond donors (Lipinski definition) is 1. The van der Waals surface area contributed by atoms with E-state index in [1.807, 2.05) is 46.1 Å². The lowest BCUT2D eigenvalue weighted by Crippen LogP contribution is -2.35. The lowest BCUT2D eigenvalue weighted by atomic mass is 10.2. The number of alkyl carbamates (subject to hydrolysis) is 1. The van der Waals surface area contributed by atoms with E-state index < -0.39 is 11.7 Å². The van der Waals surface area contributed by atoms with Crippen molar-refractivity contribution in [2.45, 2.75) is 66.2 Å². The molecule has 1 atom stereocenters. The van der Waals surface area contributed by atoms with Gasteiger partial charge in [-0.3, -0.25) is 4.79 Å². The second-order valence-corrected chi connectivity index (χ2v) is 6.70. The highest BCUT2D eigenvalue weighted by molar-refractivity contribution is 5.76. The molecule has 0 saturated carbocycles. The van der Waals surface area contributed by atoms with Crippen LogP contribution in [0.5, 0.6) is 0 Å². The van der Waals surface area contributed by atoms with Crippen LogP contribution in [0.3, 0.4) is 0 Å². The average Bonchev–Trinajstić information content (AvgIpc) is 2.92. The van der Waals surface area contributed by atoms with Crippen molar-refractivity contribution in [2.24, 2.45) is 0 Å². The SMILES string of the molecule is CCN(CC)C(=O)CCn1cncc1[C@H](C)NC(=O)OC(C)(C)C. The molecule has 0 aliphatic heterocycles. The van der Waals surface area contributed by atoms with Crippen molar-refractivity contribution >= 4 is 12.0 Å². The van der Waals surface area contributed by atoms with Gasteiger partial charge in [-0.15, -0.1) is 0 Å². The minimum atomic E-state index is -0.541. The fourth-order valence-electron chi connectivity index (χ4n) is 2.39. The summed E-state index contributed by atoms with van der Waals surface area (Å²) in [5.41, 5.74) is 0.299. The van der Waals surface area contributed by atoms with Crippen LogP contribution in [0.1, 0.15) is 59.7 Å². The molecule has 0 aliphatic carbocycles. The Morgan fingerprint density at radius 1 is 1.33 bits per heavy atom. The topological polar surface area (TPSA) is 76.5 Å². The zero-order valence-corrected chi connectivity index (χ0v) is 15.6. The lowest BCUT2D eigenvalue weighted by Gasteiger charge is -2.23. The molecule has 0 fully saturated rings. The van der Waals surface area contributed by atoms with Crippen LogP contribution in [-0.4, -0.2) is 45.1 Å². The molecule has 1 N–H and O–H groups in total. The predicted molar refractivity (Wildman–Crippen MR) is 92.6 cm³/mol. The number of nitrogens with zero attached hydrogens (tertiary/aromatic N) is 3. The summed E-state index contributed by atoms with van der Waals surface area (Å²) in [6, 6.07) is -0.258. The second-order valence-electron chi connectivity index (χ2n) is 6.70. The monoisotopic (exact) mass is 338 g/mol. The third-order valence-corrected chi connectivity index (χ3v) is 3.60. The summed E-state index contributed by atoms with van der Waals surface area (Å²) in [7, 11) is 0. The number of imidazole rings is 1. The molecule has 0 aliphatic rings. The fraction of sp³-hybridized carbons (Fsp3) is 0.706. The zero-order valence-electron chi connectivity index (χ0n) is 15.6. The number of ether oxygens (including phenoxy) is 1. The summed E-state index contributed by atoms with van der Waals surface area (Å²) >= 11 is 0. The first-order valence-electron chi connectivity index (χ1n) is 8.45. The van der Waals surface area contributed by atoms with Gasteiger partial charge in [0.1, 0.15) is 5.60 Å². The van der Waals surface area contributed by atoms with Crippen molar-refractivity contribution in [2.75, 3.05) is 13.1 Å². The number of rotatable bonds is 7. The van der Waals surface area contributed by atoms with E-state index in [0.29, 0.717) is 26.1 Å². The summed E-state index contributed by atoms with van der Waals surface area (Å²) in [6.45, 7) is 13.2. The van der Waals surface area contributed by atoms with E-state index in [9.17, 15) is 9.59 Å². The first-order chi connectivity index (χ1) is 11.2. The molecule has 136 valence electrons. The molecule has 2 amide bonds. The molecule has 24 heavy (non-hydrogen) atoms. The molecular formula is C17H30N4O3. The Bertz CT molecular complexity index is 544. The molecule has 0 spiro atoms. The van der Waals surface area contributed by atoms with Crippen LogP contribution in [0.4, 0.5) is 4.79 Å². The van der Waals surface area contributed by atoms with E-state index in [0.717, 1.165) is 5.69 Å². The molecule has 0 saturated heterocycles. The zero-order chi connectivity index (χ0) is 18.3. The van der Waals surface area contributed by atoms with Crippen molar-refractivity contribution in [3.05, 3.63) is 18.2 Å². The molecule has 1 heterocycles. The Labute approximate surface area is 144 Å². The first-order valence-corrected chi connectivity index (χ1v) is 8.45. The average molecular weight is 338 g/mol. The highest BCUT2D eigenvalue weighted by atomic mass is 16.6. The van der Waals surface area contributed by atoms with Crippen LogP contribution in [0, 0.1) is 0 Å². The number of nitrogens with one attached hydrogen (secondary N) is 1. The van der Waals surface area contributed by atoms with Crippen molar-refractivity contribution in [1.82, 2.24) is 19.8 Å². The number of aromatic nitrogens is 2. The van der Waals surface area contributed by atoms with E-state index in [-0.39, 0.29) is 11.9 Å². The number of aryl methyl sites for hydroxylation is 1. The molecule has 0 unspecified atom stereocenters. The Morgan fingerprint density at radius 3 is 2.50 bits per heavy atom.